The number of anilines is 1. The number of nitrogens with zero attached hydrogens (tertiary/aromatic N) is 1. The average Bonchev–Trinajstić information content (AvgIpc) is 2.61. The van der Waals surface area contributed by atoms with Crippen LogP contribution < -0.4 is 4.90 Å². The lowest BCUT2D eigenvalue weighted by atomic mass is 9.92. The molecule has 0 saturated heterocycles. The smallest absolute Gasteiger partial charge is 0.416 e. The predicted molar refractivity (Wildman–Crippen MR) is 96.1 cm³/mol. The Labute approximate surface area is 181 Å². The molecule has 29 heavy (non-hydrogen) atoms. The highest BCUT2D eigenvalue weighted by Gasteiger charge is 2.60. The largest absolute Gasteiger partial charge is 0.439 e. The van der Waals surface area contributed by atoms with Crippen LogP contribution in [0.4, 0.5) is 45.6 Å². The van der Waals surface area contributed by atoms with E-state index in [1.54, 1.807) is 0 Å². The van der Waals surface area contributed by atoms with E-state index in [2.05, 4.69) is 4.74 Å². The number of ether oxygens (including phenoxy) is 1. The maximum absolute atomic E-state index is 14.3. The van der Waals surface area contributed by atoms with Crippen molar-refractivity contribution < 1.29 is 48.8 Å². The Morgan fingerprint density at radius 1 is 1.28 bits per heavy atom. The van der Waals surface area contributed by atoms with E-state index in [0.29, 0.717) is 34.7 Å². The Morgan fingerprint density at radius 2 is 1.90 bits per heavy atom. The zero-order valence-electron chi connectivity index (χ0n) is 16.5. The van der Waals surface area contributed by atoms with E-state index < -0.39 is 67.8 Å². The van der Waals surface area contributed by atoms with Gasteiger partial charge in [0.15, 0.2) is 9.24 Å². The molecule has 0 fully saturated rings. The Kier molecular flexibility index (Phi) is 5.30. The standard InChI is InChI=1S/C16H9ClF8INO2/c1-27(9-4-3-8(18)11(17)12(9)19)13(28)29-10-5-2-7(15(20,21)22)6-14(10,26)16(23,24)25/h2-6,10H,1H3/i1D3. The zero-order valence-corrected chi connectivity index (χ0v) is 16.4. The monoisotopic (exact) mass is 564 g/mol. The van der Waals surface area contributed by atoms with Crippen molar-refractivity contribution in [2.24, 2.45) is 0 Å². The summed E-state index contributed by atoms with van der Waals surface area (Å²) in [5.74, 6) is -3.05. The maximum Gasteiger partial charge on any atom is 0.416 e. The summed E-state index contributed by atoms with van der Waals surface area (Å²) in [4.78, 5) is 12.1. The number of carbonyl (C=O) groups is 1. The molecule has 0 N–H and O–H groups in total. The quantitative estimate of drug-likeness (QED) is 0.181. The summed E-state index contributed by atoms with van der Waals surface area (Å²) in [5.41, 5.74) is -2.83. The highest BCUT2D eigenvalue weighted by atomic mass is 127. The molecule has 0 spiro atoms. The molecule has 160 valence electrons. The second-order valence-corrected chi connectivity index (χ2v) is 7.72. The summed E-state index contributed by atoms with van der Waals surface area (Å²) in [5, 5.41) is -1.21. The van der Waals surface area contributed by atoms with E-state index in [1.165, 1.54) is 0 Å². The molecule has 13 heteroatoms. The summed E-state index contributed by atoms with van der Waals surface area (Å²) in [6.45, 7) is -3.56. The van der Waals surface area contributed by atoms with Gasteiger partial charge in [-0.15, -0.1) is 0 Å². The molecular formula is C16H9ClF8INO2. The number of benzene rings is 1. The van der Waals surface area contributed by atoms with Gasteiger partial charge in [0.2, 0.25) is 0 Å². The normalized spacial score (nSPS) is 24.3. The lowest BCUT2D eigenvalue weighted by Crippen LogP contribution is -2.51. The van der Waals surface area contributed by atoms with Gasteiger partial charge in [-0.25, -0.2) is 13.6 Å². The van der Waals surface area contributed by atoms with Gasteiger partial charge in [-0.05, 0) is 24.3 Å². The number of carbonyl (C=O) groups excluding carboxylic acids is 1. The number of allylic oxidation sites excluding steroid dienone is 2. The minimum atomic E-state index is -5.39. The Balaban J connectivity index is 2.51. The molecule has 1 aliphatic rings. The Bertz CT molecular complexity index is 980. The lowest BCUT2D eigenvalue weighted by molar-refractivity contribution is -0.160. The first kappa shape index (κ1) is 19.4. The van der Waals surface area contributed by atoms with Crippen molar-refractivity contribution in [3.8, 4) is 0 Å². The van der Waals surface area contributed by atoms with Gasteiger partial charge in [0, 0.05) is 11.1 Å². The molecule has 0 aliphatic heterocycles. The molecule has 2 unspecified atom stereocenters. The fourth-order valence-electron chi connectivity index (χ4n) is 2.18. The van der Waals surface area contributed by atoms with E-state index in [-0.39, 0.29) is 18.2 Å². The van der Waals surface area contributed by atoms with Crippen molar-refractivity contribution in [1.82, 2.24) is 0 Å². The molecule has 1 aromatic rings. The highest BCUT2D eigenvalue weighted by molar-refractivity contribution is 14.1. The maximum atomic E-state index is 14.3. The fourth-order valence-corrected chi connectivity index (χ4v) is 3.01. The van der Waals surface area contributed by atoms with Crippen molar-refractivity contribution in [3.63, 3.8) is 0 Å². The number of rotatable bonds is 2. The first-order valence-electron chi connectivity index (χ1n) is 8.69. The van der Waals surface area contributed by atoms with Crippen LogP contribution in [0.2, 0.25) is 5.02 Å². The van der Waals surface area contributed by atoms with Gasteiger partial charge in [0.25, 0.3) is 0 Å². The number of hydrogen-bond donors (Lipinski definition) is 0. The van der Waals surface area contributed by atoms with Crippen molar-refractivity contribution >= 4 is 46.0 Å². The van der Waals surface area contributed by atoms with Gasteiger partial charge in [-0.2, -0.15) is 26.3 Å². The van der Waals surface area contributed by atoms with Crippen molar-refractivity contribution in [3.05, 3.63) is 52.6 Å². The van der Waals surface area contributed by atoms with Gasteiger partial charge in [-0.3, -0.25) is 4.90 Å². The average molecular weight is 565 g/mol. The lowest BCUT2D eigenvalue weighted by Gasteiger charge is -2.36. The molecule has 1 aliphatic carbocycles. The van der Waals surface area contributed by atoms with Gasteiger partial charge < -0.3 is 4.74 Å². The number of halogens is 10. The molecule has 3 nitrogen and oxygen atoms in total. The van der Waals surface area contributed by atoms with Crippen LogP contribution in [0.1, 0.15) is 4.11 Å². The summed E-state index contributed by atoms with van der Waals surface area (Å²) in [6.07, 6.45) is -14.8. The van der Waals surface area contributed by atoms with Crippen molar-refractivity contribution in [2.45, 2.75) is 21.9 Å². The van der Waals surface area contributed by atoms with E-state index in [4.69, 9.17) is 15.7 Å². The third-order valence-electron chi connectivity index (χ3n) is 3.66. The summed E-state index contributed by atoms with van der Waals surface area (Å²) in [6, 6.07) is 0.966. The van der Waals surface area contributed by atoms with Gasteiger partial charge in [0.05, 0.1) is 11.3 Å². The van der Waals surface area contributed by atoms with Crippen LogP contribution in [0, 0.1) is 11.6 Å². The topological polar surface area (TPSA) is 29.5 Å². The van der Waals surface area contributed by atoms with Crippen LogP contribution in [0.3, 0.4) is 0 Å². The number of amides is 1. The van der Waals surface area contributed by atoms with Crippen LogP contribution in [0.25, 0.3) is 0 Å². The second kappa shape index (κ2) is 7.93. The van der Waals surface area contributed by atoms with Crippen LogP contribution in [-0.4, -0.2) is 34.9 Å². The second-order valence-electron chi connectivity index (χ2n) is 5.56. The SMILES string of the molecule is [2H]C([2H])([2H])N(C(=O)OC1C=CC(C(F)(F)F)=CC1(I)C(F)(F)F)c1ccc(F)c(Cl)c1F. The fraction of sp³-hybridized carbons (Fsp3) is 0.312. The third-order valence-corrected chi connectivity index (χ3v) is 5.54. The zero-order chi connectivity index (χ0) is 24.9. The molecule has 1 aromatic carbocycles. The van der Waals surface area contributed by atoms with Gasteiger partial charge in [0.1, 0.15) is 16.9 Å². The van der Waals surface area contributed by atoms with E-state index >= 15 is 0 Å². The molecule has 0 aromatic heterocycles. The molecule has 0 saturated carbocycles. The Hall–Kier alpha value is -1.57. The summed E-state index contributed by atoms with van der Waals surface area (Å²) < 4.78 is 131. The molecule has 2 rings (SSSR count). The molecule has 0 bridgehead atoms. The summed E-state index contributed by atoms with van der Waals surface area (Å²) in [7, 11) is 0. The highest BCUT2D eigenvalue weighted by Crippen LogP contribution is 2.48. The van der Waals surface area contributed by atoms with Gasteiger partial charge >= 0.3 is 18.4 Å². The van der Waals surface area contributed by atoms with Crippen LogP contribution >= 0.6 is 34.2 Å². The van der Waals surface area contributed by atoms with E-state index in [1.807, 2.05) is 0 Å². The van der Waals surface area contributed by atoms with E-state index in [9.17, 15) is 39.9 Å². The minimum absolute atomic E-state index is 0.218. The number of alkyl halides is 7. The predicted octanol–water partition coefficient (Wildman–Crippen LogP) is 6.35. The molecule has 0 radical (unpaired) electrons. The first-order valence-corrected chi connectivity index (χ1v) is 8.64. The first-order chi connectivity index (χ1) is 14.3. The van der Waals surface area contributed by atoms with Crippen LogP contribution in [0.5, 0.6) is 0 Å². The molecular weight excluding hydrogens is 553 g/mol. The van der Waals surface area contributed by atoms with Crippen molar-refractivity contribution in [1.29, 1.82) is 0 Å². The summed E-state index contributed by atoms with van der Waals surface area (Å²) >= 11 is 5.94. The minimum Gasteiger partial charge on any atom is -0.439 e. The molecule has 2 atom stereocenters. The Morgan fingerprint density at radius 3 is 2.41 bits per heavy atom. The van der Waals surface area contributed by atoms with Crippen LogP contribution in [-0.2, 0) is 4.74 Å². The third kappa shape index (κ3) is 4.62. The van der Waals surface area contributed by atoms with Crippen molar-refractivity contribution in [2.75, 3.05) is 11.9 Å². The molecule has 0 heterocycles. The van der Waals surface area contributed by atoms with Gasteiger partial charge in [-0.1, -0.05) is 40.3 Å². The molecule has 1 amide bonds. The van der Waals surface area contributed by atoms with E-state index in [0.717, 1.165) is 0 Å². The van der Waals surface area contributed by atoms with Crippen LogP contribution in [0.15, 0.2) is 35.9 Å². The number of hydrogen-bond acceptors (Lipinski definition) is 2.